The molecule has 114 valence electrons. The zero-order valence-corrected chi connectivity index (χ0v) is 12.4. The summed E-state index contributed by atoms with van der Waals surface area (Å²) in [6, 6.07) is 0. The van der Waals surface area contributed by atoms with E-state index in [1.807, 2.05) is 0 Å². The topological polar surface area (TPSA) is 58.6 Å². The summed E-state index contributed by atoms with van der Waals surface area (Å²) >= 11 is 0. The van der Waals surface area contributed by atoms with E-state index in [1.54, 1.807) is 11.9 Å². The lowest BCUT2D eigenvalue weighted by Crippen LogP contribution is -2.42. The van der Waals surface area contributed by atoms with Crippen molar-refractivity contribution in [2.45, 2.75) is 51.0 Å². The van der Waals surface area contributed by atoms with Gasteiger partial charge in [-0.05, 0) is 19.3 Å². The third-order valence-electron chi connectivity index (χ3n) is 4.34. The Labute approximate surface area is 121 Å². The number of likely N-dealkylation sites (tertiary alicyclic amines) is 1. The number of carbonyl (C=O) groups is 2. The van der Waals surface area contributed by atoms with Gasteiger partial charge in [-0.15, -0.1) is 0 Å². The van der Waals surface area contributed by atoms with E-state index >= 15 is 0 Å². The number of rotatable bonds is 5. The van der Waals surface area contributed by atoms with Gasteiger partial charge in [0, 0.05) is 32.5 Å². The predicted octanol–water partition coefficient (Wildman–Crippen LogP) is 1.32. The van der Waals surface area contributed by atoms with Crippen molar-refractivity contribution in [2.24, 2.45) is 5.92 Å². The number of hydrogen-bond acceptors (Lipinski definition) is 3. The van der Waals surface area contributed by atoms with Crippen molar-refractivity contribution in [3.8, 4) is 0 Å². The van der Waals surface area contributed by atoms with Crippen LogP contribution >= 0.6 is 0 Å². The van der Waals surface area contributed by atoms with Gasteiger partial charge in [-0.25, -0.2) is 0 Å². The Morgan fingerprint density at radius 1 is 1.30 bits per heavy atom. The van der Waals surface area contributed by atoms with Gasteiger partial charge in [0.2, 0.25) is 11.8 Å². The van der Waals surface area contributed by atoms with Crippen molar-refractivity contribution in [2.75, 3.05) is 26.7 Å². The highest BCUT2D eigenvalue weighted by molar-refractivity contribution is 5.86. The van der Waals surface area contributed by atoms with Crippen LogP contribution < -0.4 is 5.32 Å². The second kappa shape index (κ2) is 7.62. The number of carbonyl (C=O) groups excluding carboxylic acids is 2. The smallest absolute Gasteiger partial charge is 0.223 e. The molecule has 20 heavy (non-hydrogen) atoms. The lowest BCUT2D eigenvalue weighted by atomic mass is 9.96. The Bertz CT molecular complexity index is 340. The molecule has 0 aromatic rings. The summed E-state index contributed by atoms with van der Waals surface area (Å²) in [5.41, 5.74) is 0. The van der Waals surface area contributed by atoms with Gasteiger partial charge in [0.1, 0.15) is 0 Å². The van der Waals surface area contributed by atoms with Crippen LogP contribution in [-0.2, 0) is 14.3 Å². The van der Waals surface area contributed by atoms with E-state index in [0.717, 1.165) is 19.3 Å². The van der Waals surface area contributed by atoms with Crippen LogP contribution in [0.15, 0.2) is 0 Å². The van der Waals surface area contributed by atoms with Crippen LogP contribution in [0.2, 0.25) is 0 Å². The molecule has 5 nitrogen and oxygen atoms in total. The second-order valence-electron chi connectivity index (χ2n) is 5.93. The lowest BCUT2D eigenvalue weighted by Gasteiger charge is -2.28. The molecular weight excluding hydrogens is 256 g/mol. The van der Waals surface area contributed by atoms with Gasteiger partial charge >= 0.3 is 0 Å². The number of nitrogens with zero attached hydrogens (tertiary/aromatic N) is 1. The summed E-state index contributed by atoms with van der Waals surface area (Å²) in [7, 11) is 1.79. The Morgan fingerprint density at radius 3 is 2.75 bits per heavy atom. The van der Waals surface area contributed by atoms with Crippen molar-refractivity contribution in [3.05, 3.63) is 0 Å². The Morgan fingerprint density at radius 2 is 2.05 bits per heavy atom. The zero-order chi connectivity index (χ0) is 14.4. The van der Waals surface area contributed by atoms with Gasteiger partial charge < -0.3 is 15.0 Å². The minimum Gasteiger partial charge on any atom is -0.376 e. The minimum atomic E-state index is -0.159. The normalized spacial score (nSPS) is 24.8. The van der Waals surface area contributed by atoms with Gasteiger partial charge in [0.25, 0.3) is 0 Å². The molecule has 0 radical (unpaired) electrons. The molecule has 1 N–H and O–H groups in total. The van der Waals surface area contributed by atoms with E-state index in [1.165, 1.54) is 19.3 Å². The van der Waals surface area contributed by atoms with Crippen molar-refractivity contribution >= 4 is 11.8 Å². The van der Waals surface area contributed by atoms with E-state index in [4.69, 9.17) is 4.74 Å². The highest BCUT2D eigenvalue weighted by Crippen LogP contribution is 2.20. The number of hydrogen-bond donors (Lipinski definition) is 1. The molecule has 1 heterocycles. The van der Waals surface area contributed by atoms with Crippen LogP contribution in [0.3, 0.4) is 0 Å². The number of nitrogens with one attached hydrogen (secondary N) is 1. The first-order valence-corrected chi connectivity index (χ1v) is 7.80. The van der Waals surface area contributed by atoms with Crippen molar-refractivity contribution in [3.63, 3.8) is 0 Å². The Kier molecular flexibility index (Phi) is 5.83. The van der Waals surface area contributed by atoms with E-state index in [9.17, 15) is 9.59 Å². The molecule has 2 amide bonds. The van der Waals surface area contributed by atoms with E-state index in [2.05, 4.69) is 5.32 Å². The lowest BCUT2D eigenvalue weighted by molar-refractivity contribution is -0.139. The van der Waals surface area contributed by atoms with Gasteiger partial charge in [-0.1, -0.05) is 19.3 Å². The maximum absolute atomic E-state index is 12.0. The van der Waals surface area contributed by atoms with Crippen LogP contribution in [0.25, 0.3) is 0 Å². The Balaban J connectivity index is 1.59. The molecule has 0 bridgehead atoms. The summed E-state index contributed by atoms with van der Waals surface area (Å²) in [4.78, 5) is 25.2. The molecule has 2 fully saturated rings. The highest BCUT2D eigenvalue weighted by atomic mass is 16.5. The second-order valence-corrected chi connectivity index (χ2v) is 5.93. The van der Waals surface area contributed by atoms with Gasteiger partial charge in [0.15, 0.2) is 0 Å². The van der Waals surface area contributed by atoms with E-state index in [-0.39, 0.29) is 17.7 Å². The van der Waals surface area contributed by atoms with Crippen LogP contribution in [0.4, 0.5) is 0 Å². The average Bonchev–Trinajstić information content (AvgIpc) is 2.47. The number of piperidine rings is 1. The standard InChI is InChI=1S/C15H26N2O3/c1-17-9-7-12(11-14(17)18)15(19)16-8-10-20-13-5-3-2-4-6-13/h12-13H,2-11H2,1H3,(H,16,19)/t12-/m0/s1. The van der Waals surface area contributed by atoms with E-state index < -0.39 is 0 Å². The molecule has 0 spiro atoms. The molecule has 1 atom stereocenters. The maximum Gasteiger partial charge on any atom is 0.223 e. The van der Waals surface area contributed by atoms with Crippen LogP contribution in [0.1, 0.15) is 44.9 Å². The maximum atomic E-state index is 12.0. The zero-order valence-electron chi connectivity index (χ0n) is 12.4. The monoisotopic (exact) mass is 282 g/mol. The van der Waals surface area contributed by atoms with Crippen LogP contribution in [0, 0.1) is 5.92 Å². The van der Waals surface area contributed by atoms with E-state index in [0.29, 0.717) is 32.2 Å². The minimum absolute atomic E-state index is 0.00121. The quantitative estimate of drug-likeness (QED) is 0.774. The third-order valence-corrected chi connectivity index (χ3v) is 4.34. The first kappa shape index (κ1) is 15.3. The molecule has 1 aliphatic heterocycles. The first-order valence-electron chi connectivity index (χ1n) is 7.80. The molecule has 1 aliphatic carbocycles. The average molecular weight is 282 g/mol. The molecule has 1 saturated heterocycles. The number of amides is 2. The highest BCUT2D eigenvalue weighted by Gasteiger charge is 2.28. The summed E-state index contributed by atoms with van der Waals surface area (Å²) in [6.45, 7) is 1.81. The molecular formula is C15H26N2O3. The molecule has 1 saturated carbocycles. The largest absolute Gasteiger partial charge is 0.376 e. The van der Waals surface area contributed by atoms with Gasteiger partial charge in [-0.2, -0.15) is 0 Å². The molecule has 0 aromatic carbocycles. The van der Waals surface area contributed by atoms with Crippen LogP contribution in [-0.4, -0.2) is 49.6 Å². The number of ether oxygens (including phenoxy) is 1. The molecule has 0 unspecified atom stereocenters. The van der Waals surface area contributed by atoms with Crippen molar-refractivity contribution in [1.82, 2.24) is 10.2 Å². The third kappa shape index (κ3) is 4.47. The first-order chi connectivity index (χ1) is 9.66. The van der Waals surface area contributed by atoms with Crippen molar-refractivity contribution < 1.29 is 14.3 Å². The summed E-state index contributed by atoms with van der Waals surface area (Å²) in [6.07, 6.45) is 7.62. The SMILES string of the molecule is CN1CC[C@H](C(=O)NCCOC2CCCCC2)CC1=O. The Hall–Kier alpha value is -1.10. The fraction of sp³-hybridized carbons (Fsp3) is 0.867. The summed E-state index contributed by atoms with van der Waals surface area (Å²) in [5, 5.41) is 2.89. The molecule has 5 heteroatoms. The van der Waals surface area contributed by atoms with Crippen LogP contribution in [0.5, 0.6) is 0 Å². The molecule has 0 aromatic heterocycles. The fourth-order valence-electron chi connectivity index (χ4n) is 2.94. The predicted molar refractivity (Wildman–Crippen MR) is 76.2 cm³/mol. The molecule has 2 rings (SSSR count). The van der Waals surface area contributed by atoms with Crippen molar-refractivity contribution in [1.29, 1.82) is 0 Å². The summed E-state index contributed by atoms with van der Waals surface area (Å²) in [5.74, 6) is -0.0954. The fourth-order valence-corrected chi connectivity index (χ4v) is 2.94. The molecule has 2 aliphatic rings. The van der Waals surface area contributed by atoms with Gasteiger partial charge in [0.05, 0.1) is 12.7 Å². The van der Waals surface area contributed by atoms with Gasteiger partial charge in [-0.3, -0.25) is 9.59 Å². The summed E-state index contributed by atoms with van der Waals surface area (Å²) < 4.78 is 5.77.